The minimum atomic E-state index is -0.754. The van der Waals surface area contributed by atoms with E-state index in [4.69, 9.17) is 19.6 Å². The molecule has 1 aromatic carbocycles. The first-order valence-electron chi connectivity index (χ1n) is 7.68. The van der Waals surface area contributed by atoms with Crippen molar-refractivity contribution in [2.45, 2.75) is 13.5 Å². The molecule has 138 valence electrons. The number of nitrogens with one attached hydrogen (secondary N) is 1. The number of furan rings is 1. The summed E-state index contributed by atoms with van der Waals surface area (Å²) < 4.78 is 21.2. The minimum Gasteiger partial charge on any atom is -0.490 e. The van der Waals surface area contributed by atoms with Crippen LogP contribution in [0.5, 0.6) is 11.5 Å². The summed E-state index contributed by atoms with van der Waals surface area (Å²) in [5.41, 5.74) is 7.73. The largest absolute Gasteiger partial charge is 0.490 e. The summed E-state index contributed by atoms with van der Waals surface area (Å²) in [6, 6.07) is 7.51. The first-order chi connectivity index (χ1) is 12.5. The highest BCUT2D eigenvalue weighted by Gasteiger charge is 2.12. The fourth-order valence-electron chi connectivity index (χ4n) is 1.98. The number of hydrogen-bond donors (Lipinski definition) is 2. The maximum Gasteiger partial charge on any atom is 0.373 e. The number of rotatable bonds is 8. The zero-order valence-electron chi connectivity index (χ0n) is 14.4. The number of urea groups is 1. The molecule has 0 fully saturated rings. The molecule has 1 heterocycles. The van der Waals surface area contributed by atoms with E-state index in [1.54, 1.807) is 24.3 Å². The average Bonchev–Trinajstić information content (AvgIpc) is 3.09. The number of esters is 1. The molecule has 0 spiro atoms. The van der Waals surface area contributed by atoms with Gasteiger partial charge in [-0.15, -0.1) is 0 Å². The summed E-state index contributed by atoms with van der Waals surface area (Å²) in [7, 11) is 1.28. The van der Waals surface area contributed by atoms with Crippen LogP contribution in [0.1, 0.15) is 28.8 Å². The zero-order chi connectivity index (χ0) is 18.9. The molecule has 9 heteroatoms. The predicted molar refractivity (Wildman–Crippen MR) is 92.3 cm³/mol. The van der Waals surface area contributed by atoms with Crippen LogP contribution in [0.2, 0.25) is 0 Å². The van der Waals surface area contributed by atoms with Crippen molar-refractivity contribution < 1.29 is 28.2 Å². The fraction of sp³-hybridized carbons (Fsp3) is 0.235. The fourth-order valence-corrected chi connectivity index (χ4v) is 1.98. The predicted octanol–water partition coefficient (Wildman–Crippen LogP) is 2.05. The number of nitrogens with zero attached hydrogens (tertiary/aromatic N) is 1. The third kappa shape index (κ3) is 5.26. The van der Waals surface area contributed by atoms with Crippen molar-refractivity contribution in [1.82, 2.24) is 5.43 Å². The van der Waals surface area contributed by atoms with E-state index in [-0.39, 0.29) is 12.4 Å². The van der Waals surface area contributed by atoms with Crippen LogP contribution in [0, 0.1) is 0 Å². The summed E-state index contributed by atoms with van der Waals surface area (Å²) in [5.74, 6) is 0.992. The molecule has 0 aliphatic carbocycles. The maximum atomic E-state index is 11.4. The molecule has 0 aliphatic heterocycles. The smallest absolute Gasteiger partial charge is 0.373 e. The number of carbonyl (C=O) groups excluding carboxylic acids is 2. The van der Waals surface area contributed by atoms with E-state index < -0.39 is 12.0 Å². The van der Waals surface area contributed by atoms with Gasteiger partial charge in [-0.2, -0.15) is 5.10 Å². The van der Waals surface area contributed by atoms with Crippen LogP contribution >= 0.6 is 0 Å². The van der Waals surface area contributed by atoms with Gasteiger partial charge in [-0.3, -0.25) is 0 Å². The second kappa shape index (κ2) is 9.11. The Hall–Kier alpha value is -3.49. The number of ether oxygens (including phenoxy) is 3. The second-order valence-corrected chi connectivity index (χ2v) is 4.92. The van der Waals surface area contributed by atoms with Gasteiger partial charge in [0.25, 0.3) is 0 Å². The number of nitrogens with two attached hydrogens (primary N) is 1. The summed E-state index contributed by atoms with van der Waals surface area (Å²) in [4.78, 5) is 22.0. The maximum absolute atomic E-state index is 11.4. The third-order valence-electron chi connectivity index (χ3n) is 3.07. The number of benzene rings is 1. The number of methoxy groups -OCH3 is 1. The van der Waals surface area contributed by atoms with Crippen molar-refractivity contribution in [2.24, 2.45) is 10.8 Å². The van der Waals surface area contributed by atoms with Gasteiger partial charge >= 0.3 is 12.0 Å². The lowest BCUT2D eigenvalue weighted by Gasteiger charge is -2.11. The van der Waals surface area contributed by atoms with E-state index in [0.717, 1.165) is 0 Å². The minimum absolute atomic E-state index is 0.102. The number of primary amides is 1. The molecule has 1 aromatic heterocycles. The van der Waals surface area contributed by atoms with Crippen LogP contribution in [0.15, 0.2) is 39.9 Å². The van der Waals surface area contributed by atoms with Crippen LogP contribution in [0.25, 0.3) is 0 Å². The highest BCUT2D eigenvalue weighted by molar-refractivity contribution is 5.86. The van der Waals surface area contributed by atoms with Gasteiger partial charge in [0.2, 0.25) is 5.76 Å². The molecular weight excluding hydrogens is 342 g/mol. The van der Waals surface area contributed by atoms with Gasteiger partial charge in [0, 0.05) is 0 Å². The molecule has 0 bridgehead atoms. The van der Waals surface area contributed by atoms with Crippen molar-refractivity contribution in [3.63, 3.8) is 0 Å². The average molecular weight is 361 g/mol. The Morgan fingerprint density at radius 3 is 2.73 bits per heavy atom. The van der Waals surface area contributed by atoms with Crippen molar-refractivity contribution in [2.75, 3.05) is 13.7 Å². The number of carbonyl (C=O) groups is 2. The molecular formula is C17H19N3O6. The first-order valence-corrected chi connectivity index (χ1v) is 7.68. The van der Waals surface area contributed by atoms with E-state index in [9.17, 15) is 9.59 Å². The molecule has 2 aromatic rings. The van der Waals surface area contributed by atoms with E-state index in [1.165, 1.54) is 19.4 Å². The molecule has 9 nitrogen and oxygen atoms in total. The third-order valence-corrected chi connectivity index (χ3v) is 3.07. The van der Waals surface area contributed by atoms with Gasteiger partial charge in [-0.05, 0) is 42.8 Å². The Morgan fingerprint density at radius 1 is 1.23 bits per heavy atom. The second-order valence-electron chi connectivity index (χ2n) is 4.92. The summed E-state index contributed by atoms with van der Waals surface area (Å²) in [5, 5.41) is 3.69. The van der Waals surface area contributed by atoms with Crippen molar-refractivity contribution in [1.29, 1.82) is 0 Å². The standard InChI is InChI=1S/C17H19N3O6/c1-3-24-15-8-11(9-19-20-17(18)22)4-6-13(15)25-10-12-5-7-14(26-12)16(21)23-2/h4-9H,3,10H2,1-2H3,(H3,18,20,22)/b19-9+. The van der Waals surface area contributed by atoms with Gasteiger partial charge < -0.3 is 24.4 Å². The molecule has 0 radical (unpaired) electrons. The van der Waals surface area contributed by atoms with Crippen LogP contribution in [0.3, 0.4) is 0 Å². The van der Waals surface area contributed by atoms with Gasteiger partial charge in [-0.25, -0.2) is 15.0 Å². The zero-order valence-corrected chi connectivity index (χ0v) is 14.4. The van der Waals surface area contributed by atoms with Crippen LogP contribution in [-0.4, -0.2) is 31.9 Å². The molecule has 0 atom stereocenters. The SMILES string of the molecule is CCOc1cc(/C=N/NC(N)=O)ccc1OCc1ccc(C(=O)OC)o1. The van der Waals surface area contributed by atoms with Crippen molar-refractivity contribution in [3.05, 3.63) is 47.4 Å². The van der Waals surface area contributed by atoms with Crippen molar-refractivity contribution in [3.8, 4) is 11.5 Å². The molecule has 0 unspecified atom stereocenters. The molecule has 2 rings (SSSR count). The lowest BCUT2D eigenvalue weighted by molar-refractivity contribution is 0.0561. The van der Waals surface area contributed by atoms with Gasteiger partial charge in [0.15, 0.2) is 11.5 Å². The van der Waals surface area contributed by atoms with Gasteiger partial charge in [-0.1, -0.05) is 0 Å². The van der Waals surface area contributed by atoms with Crippen molar-refractivity contribution >= 4 is 18.2 Å². The molecule has 0 saturated heterocycles. The van der Waals surface area contributed by atoms with Gasteiger partial charge in [0.05, 0.1) is 19.9 Å². The van der Waals surface area contributed by atoms with E-state index in [2.05, 4.69) is 15.3 Å². The first kappa shape index (κ1) is 18.8. The van der Waals surface area contributed by atoms with Gasteiger partial charge in [0.1, 0.15) is 12.4 Å². The highest BCUT2D eigenvalue weighted by Crippen LogP contribution is 2.29. The number of hydrogen-bond acceptors (Lipinski definition) is 7. The quantitative estimate of drug-likeness (QED) is 0.421. The Labute approximate surface area is 149 Å². The van der Waals surface area contributed by atoms with E-state index in [0.29, 0.717) is 29.4 Å². The molecule has 0 saturated carbocycles. The summed E-state index contributed by atoms with van der Waals surface area (Å²) in [6.45, 7) is 2.38. The topological polar surface area (TPSA) is 125 Å². The van der Waals surface area contributed by atoms with Crippen LogP contribution < -0.4 is 20.6 Å². The summed E-state index contributed by atoms with van der Waals surface area (Å²) >= 11 is 0. The monoisotopic (exact) mass is 361 g/mol. The Morgan fingerprint density at radius 2 is 2.04 bits per heavy atom. The Kier molecular flexibility index (Phi) is 6.60. The lowest BCUT2D eigenvalue weighted by atomic mass is 10.2. The Bertz CT molecular complexity index is 800. The van der Waals surface area contributed by atoms with Crippen LogP contribution in [0.4, 0.5) is 4.79 Å². The highest BCUT2D eigenvalue weighted by atomic mass is 16.5. The Balaban J connectivity index is 2.07. The molecule has 26 heavy (non-hydrogen) atoms. The summed E-state index contributed by atoms with van der Waals surface area (Å²) in [6.07, 6.45) is 1.42. The van der Waals surface area contributed by atoms with E-state index in [1.807, 2.05) is 6.92 Å². The number of hydrazone groups is 1. The molecule has 2 amide bonds. The normalized spacial score (nSPS) is 10.5. The molecule has 0 aliphatic rings. The van der Waals surface area contributed by atoms with E-state index >= 15 is 0 Å². The lowest BCUT2D eigenvalue weighted by Crippen LogP contribution is -2.24. The number of amides is 2. The van der Waals surface area contributed by atoms with Crippen LogP contribution in [-0.2, 0) is 11.3 Å². The molecule has 3 N–H and O–H groups in total.